The lowest BCUT2D eigenvalue weighted by atomic mass is 10.1. The Morgan fingerprint density at radius 1 is 1.09 bits per heavy atom. The number of carbonyl (C=O) groups is 2. The van der Waals surface area contributed by atoms with Crippen molar-refractivity contribution < 1.29 is 14.3 Å². The molecule has 8 nitrogen and oxygen atoms in total. The predicted octanol–water partition coefficient (Wildman–Crippen LogP) is 4.91. The highest BCUT2D eigenvalue weighted by Gasteiger charge is 2.18. The highest BCUT2D eigenvalue weighted by molar-refractivity contribution is 7.99. The minimum Gasteiger partial charge on any atom is -0.462 e. The topological polar surface area (TPSA) is 98.5 Å². The van der Waals surface area contributed by atoms with Crippen molar-refractivity contribution >= 4 is 56.5 Å². The number of benzene rings is 2. The summed E-state index contributed by atoms with van der Waals surface area (Å²) in [6.07, 6.45) is 1.68. The van der Waals surface area contributed by atoms with E-state index in [4.69, 9.17) is 4.74 Å². The first-order chi connectivity index (χ1) is 16.7. The van der Waals surface area contributed by atoms with E-state index >= 15 is 0 Å². The summed E-state index contributed by atoms with van der Waals surface area (Å²) >= 11 is 2.80. The number of rotatable bonds is 7. The largest absolute Gasteiger partial charge is 0.462 e. The van der Waals surface area contributed by atoms with Gasteiger partial charge in [-0.3, -0.25) is 9.20 Å². The van der Waals surface area contributed by atoms with Gasteiger partial charge in [0, 0.05) is 10.9 Å². The van der Waals surface area contributed by atoms with Crippen molar-refractivity contribution in [3.05, 3.63) is 71.9 Å². The number of aromatic nitrogens is 4. The molecule has 0 aliphatic carbocycles. The first-order valence-electron chi connectivity index (χ1n) is 10.5. The monoisotopic (exact) mass is 489 g/mol. The molecule has 5 aromatic rings. The van der Waals surface area contributed by atoms with E-state index in [1.165, 1.54) is 11.8 Å². The number of nitrogens with zero attached hydrogens (tertiary/aromatic N) is 4. The van der Waals surface area contributed by atoms with Crippen molar-refractivity contribution in [3.63, 3.8) is 0 Å². The van der Waals surface area contributed by atoms with Crippen molar-refractivity contribution in [1.29, 1.82) is 0 Å². The van der Waals surface area contributed by atoms with E-state index in [2.05, 4.69) is 38.0 Å². The van der Waals surface area contributed by atoms with E-state index in [1.54, 1.807) is 53.3 Å². The Hall–Kier alpha value is -3.76. The molecular weight excluding hydrogens is 470 g/mol. The fourth-order valence-corrected chi connectivity index (χ4v) is 5.16. The van der Waals surface area contributed by atoms with Gasteiger partial charge in [0.2, 0.25) is 5.91 Å². The number of anilines is 1. The van der Waals surface area contributed by atoms with E-state index in [9.17, 15) is 9.59 Å². The van der Waals surface area contributed by atoms with Crippen LogP contribution in [-0.2, 0) is 9.53 Å². The maximum atomic E-state index is 12.6. The molecule has 5 rings (SSSR count). The predicted molar refractivity (Wildman–Crippen MR) is 133 cm³/mol. The van der Waals surface area contributed by atoms with Gasteiger partial charge < -0.3 is 10.1 Å². The fourth-order valence-electron chi connectivity index (χ4n) is 3.54. The number of fused-ring (bicyclic) bond motifs is 3. The Labute approximate surface area is 203 Å². The quantitative estimate of drug-likeness (QED) is 0.256. The zero-order valence-electron chi connectivity index (χ0n) is 18.1. The molecule has 0 aliphatic rings. The van der Waals surface area contributed by atoms with Crippen molar-refractivity contribution in [2.24, 2.45) is 0 Å². The highest BCUT2D eigenvalue weighted by atomic mass is 32.2. The van der Waals surface area contributed by atoms with Crippen LogP contribution in [0.15, 0.2) is 71.5 Å². The van der Waals surface area contributed by atoms with Crippen LogP contribution >= 0.6 is 23.1 Å². The first kappa shape index (κ1) is 22.1. The molecule has 1 N–H and O–H groups in total. The summed E-state index contributed by atoms with van der Waals surface area (Å²) in [4.78, 5) is 30.2. The Balaban J connectivity index is 1.37. The molecule has 3 heterocycles. The summed E-state index contributed by atoms with van der Waals surface area (Å²) in [5, 5.41) is 15.0. The van der Waals surface area contributed by atoms with Crippen molar-refractivity contribution in [2.45, 2.75) is 12.1 Å². The van der Waals surface area contributed by atoms with Gasteiger partial charge in [-0.1, -0.05) is 54.2 Å². The van der Waals surface area contributed by atoms with Gasteiger partial charge >= 0.3 is 5.97 Å². The molecule has 34 heavy (non-hydrogen) atoms. The number of ether oxygens (including phenoxy) is 1. The van der Waals surface area contributed by atoms with E-state index in [0.29, 0.717) is 22.1 Å². The summed E-state index contributed by atoms with van der Waals surface area (Å²) in [7, 11) is 0. The molecular formula is C24H19N5O3S2. The van der Waals surface area contributed by atoms with Gasteiger partial charge in [-0.05, 0) is 24.6 Å². The maximum absolute atomic E-state index is 12.6. The standard InChI is InChI=1S/C24H19N5O3S2/c1-2-32-23(31)16-10-6-7-11-18(16)26-19(30)13-34-24-28-27-21-20-17(15-8-4-3-5-9-15)12-33-22(20)25-14-29(21)24/h3-12,14H,2,13H2,1H3,(H,26,30). The van der Waals surface area contributed by atoms with Crippen molar-refractivity contribution in [3.8, 4) is 11.1 Å². The van der Waals surface area contributed by atoms with Crippen LogP contribution in [0.5, 0.6) is 0 Å². The minimum absolute atomic E-state index is 0.0885. The molecule has 0 saturated heterocycles. The van der Waals surface area contributed by atoms with Crippen molar-refractivity contribution in [2.75, 3.05) is 17.7 Å². The number of thiophene rings is 1. The summed E-state index contributed by atoms with van der Waals surface area (Å²) in [6, 6.07) is 16.8. The molecule has 0 saturated carbocycles. The molecule has 170 valence electrons. The second kappa shape index (κ2) is 9.62. The molecule has 0 bridgehead atoms. The lowest BCUT2D eigenvalue weighted by molar-refractivity contribution is -0.113. The van der Waals surface area contributed by atoms with Gasteiger partial charge in [-0.25, -0.2) is 9.78 Å². The molecule has 0 fully saturated rings. The van der Waals surface area contributed by atoms with Crippen LogP contribution in [0, 0.1) is 0 Å². The second-order valence-corrected chi connectivity index (χ2v) is 9.02. The van der Waals surface area contributed by atoms with Crippen LogP contribution < -0.4 is 5.32 Å². The molecule has 3 aromatic heterocycles. The minimum atomic E-state index is -0.477. The first-order valence-corrected chi connectivity index (χ1v) is 12.4. The normalized spacial score (nSPS) is 11.1. The fraction of sp³-hybridized carbons (Fsp3) is 0.125. The van der Waals surface area contributed by atoms with Crippen molar-refractivity contribution in [1.82, 2.24) is 19.6 Å². The summed E-state index contributed by atoms with van der Waals surface area (Å²) in [5.41, 5.74) is 3.55. The van der Waals surface area contributed by atoms with Gasteiger partial charge in [0.05, 0.1) is 29.0 Å². The molecule has 0 unspecified atom stereocenters. The zero-order valence-corrected chi connectivity index (χ0v) is 19.7. The molecule has 10 heteroatoms. The smallest absolute Gasteiger partial charge is 0.340 e. The van der Waals surface area contributed by atoms with Gasteiger partial charge in [0.25, 0.3) is 0 Å². The van der Waals surface area contributed by atoms with Crippen LogP contribution in [0.25, 0.3) is 27.0 Å². The van der Waals surface area contributed by atoms with Crippen LogP contribution in [0.4, 0.5) is 5.69 Å². The Morgan fingerprint density at radius 2 is 1.88 bits per heavy atom. The molecule has 0 radical (unpaired) electrons. The van der Waals surface area contributed by atoms with Crippen LogP contribution in [0.1, 0.15) is 17.3 Å². The molecule has 2 aromatic carbocycles. The number of hydrogen-bond donors (Lipinski definition) is 1. The number of para-hydroxylation sites is 1. The number of nitrogens with one attached hydrogen (secondary N) is 1. The third-order valence-electron chi connectivity index (χ3n) is 5.06. The van der Waals surface area contributed by atoms with Crippen LogP contribution in [0.2, 0.25) is 0 Å². The van der Waals surface area contributed by atoms with Gasteiger partial charge in [-0.2, -0.15) is 0 Å². The number of carbonyl (C=O) groups excluding carboxylic acids is 2. The zero-order chi connectivity index (χ0) is 23.5. The van der Waals surface area contributed by atoms with E-state index in [-0.39, 0.29) is 18.3 Å². The van der Waals surface area contributed by atoms with E-state index in [1.807, 2.05) is 18.2 Å². The van der Waals surface area contributed by atoms with Crippen LogP contribution in [0.3, 0.4) is 0 Å². The highest BCUT2D eigenvalue weighted by Crippen LogP contribution is 2.35. The number of hydrogen-bond acceptors (Lipinski definition) is 8. The Bertz CT molecular complexity index is 1500. The third-order valence-corrected chi connectivity index (χ3v) is 6.89. The average Bonchev–Trinajstić information content (AvgIpc) is 3.48. The third kappa shape index (κ3) is 4.25. The molecule has 1 amide bonds. The summed E-state index contributed by atoms with van der Waals surface area (Å²) in [6.45, 7) is 1.99. The molecule has 0 atom stereocenters. The lowest BCUT2D eigenvalue weighted by Gasteiger charge is -2.10. The molecule has 0 spiro atoms. The van der Waals surface area contributed by atoms with Crippen LogP contribution in [-0.4, -0.2) is 43.8 Å². The van der Waals surface area contributed by atoms with Gasteiger partial charge in [0.1, 0.15) is 11.2 Å². The van der Waals surface area contributed by atoms with Gasteiger partial charge in [-0.15, -0.1) is 21.5 Å². The SMILES string of the molecule is CCOC(=O)c1ccccc1NC(=O)CSc1nnc2c3c(-c4ccccc4)csc3ncn12. The van der Waals surface area contributed by atoms with E-state index in [0.717, 1.165) is 21.3 Å². The number of amides is 1. The Kier molecular flexibility index (Phi) is 6.24. The number of thioether (sulfide) groups is 1. The summed E-state index contributed by atoms with van der Waals surface area (Å²) in [5.74, 6) is -0.659. The lowest BCUT2D eigenvalue weighted by Crippen LogP contribution is -2.17. The summed E-state index contributed by atoms with van der Waals surface area (Å²) < 4.78 is 6.86. The molecule has 0 aliphatic heterocycles. The van der Waals surface area contributed by atoms with Gasteiger partial charge in [0.15, 0.2) is 10.8 Å². The maximum Gasteiger partial charge on any atom is 0.340 e. The second-order valence-electron chi connectivity index (χ2n) is 7.22. The van der Waals surface area contributed by atoms with E-state index < -0.39 is 5.97 Å². The Morgan fingerprint density at radius 3 is 2.71 bits per heavy atom. The number of esters is 1. The average molecular weight is 490 g/mol.